The van der Waals surface area contributed by atoms with Crippen LogP contribution in [0.25, 0.3) is 0 Å². The molecule has 5 fully saturated rings. The van der Waals surface area contributed by atoms with Gasteiger partial charge in [0.15, 0.2) is 0 Å². The van der Waals surface area contributed by atoms with Crippen molar-refractivity contribution in [2.45, 2.75) is 39.0 Å². The molecule has 0 aromatic rings. The molecule has 0 aromatic heterocycles. The SMILES string of the molecule is CC(CN1CCNCC1)C1C2CC3CC(C2)CC1C3. The minimum atomic E-state index is 0.938. The third-order valence-electron chi connectivity index (χ3n) is 6.71. The summed E-state index contributed by atoms with van der Waals surface area (Å²) in [5, 5.41) is 3.48. The van der Waals surface area contributed by atoms with E-state index in [1.165, 1.54) is 32.7 Å². The minimum absolute atomic E-state index is 0.938. The lowest BCUT2D eigenvalue weighted by Crippen LogP contribution is -2.51. The highest BCUT2D eigenvalue weighted by atomic mass is 15.2. The van der Waals surface area contributed by atoms with Gasteiger partial charge in [-0.05, 0) is 67.6 Å². The summed E-state index contributed by atoms with van der Waals surface area (Å²) in [7, 11) is 0. The zero-order valence-electron chi connectivity index (χ0n) is 12.5. The number of hydrogen-bond donors (Lipinski definition) is 1. The van der Waals surface area contributed by atoms with Crippen molar-refractivity contribution in [1.82, 2.24) is 10.2 Å². The predicted octanol–water partition coefficient (Wildman–Crippen LogP) is 2.60. The molecule has 1 unspecified atom stereocenters. The Kier molecular flexibility index (Phi) is 3.35. The van der Waals surface area contributed by atoms with E-state index >= 15 is 0 Å². The summed E-state index contributed by atoms with van der Waals surface area (Å²) < 4.78 is 0. The Morgan fingerprint density at radius 3 is 2.11 bits per heavy atom. The number of rotatable bonds is 3. The van der Waals surface area contributed by atoms with Gasteiger partial charge in [0.1, 0.15) is 0 Å². The number of piperazine rings is 1. The lowest BCUT2D eigenvalue weighted by molar-refractivity contribution is -0.0636. The normalized spacial score (nSPS) is 47.5. The summed E-state index contributed by atoms with van der Waals surface area (Å²) in [6.07, 6.45) is 7.94. The Balaban J connectivity index is 1.40. The van der Waals surface area contributed by atoms with Crippen LogP contribution in [0.3, 0.4) is 0 Å². The maximum Gasteiger partial charge on any atom is 0.0107 e. The summed E-state index contributed by atoms with van der Waals surface area (Å²) in [6, 6.07) is 0. The fourth-order valence-electron chi connectivity index (χ4n) is 6.32. The van der Waals surface area contributed by atoms with E-state index in [2.05, 4.69) is 17.1 Å². The van der Waals surface area contributed by atoms with Gasteiger partial charge in [-0.15, -0.1) is 0 Å². The molecule has 5 rings (SSSR count). The molecule has 19 heavy (non-hydrogen) atoms. The molecular weight excluding hydrogens is 232 g/mol. The second-order valence-electron chi connectivity index (χ2n) is 8.04. The van der Waals surface area contributed by atoms with Crippen molar-refractivity contribution in [3.63, 3.8) is 0 Å². The van der Waals surface area contributed by atoms with E-state index in [1.807, 2.05) is 0 Å². The van der Waals surface area contributed by atoms with Crippen molar-refractivity contribution in [2.75, 3.05) is 32.7 Å². The first-order chi connectivity index (χ1) is 9.29. The Morgan fingerprint density at radius 2 is 1.53 bits per heavy atom. The van der Waals surface area contributed by atoms with Crippen LogP contribution in [0.2, 0.25) is 0 Å². The smallest absolute Gasteiger partial charge is 0.0107 e. The Morgan fingerprint density at radius 1 is 0.947 bits per heavy atom. The van der Waals surface area contributed by atoms with E-state index in [0.29, 0.717) is 0 Å². The summed E-state index contributed by atoms with van der Waals surface area (Å²) in [5.41, 5.74) is 0. The molecule has 0 spiro atoms. The molecule has 1 atom stereocenters. The number of hydrogen-bond acceptors (Lipinski definition) is 2. The molecule has 1 saturated heterocycles. The topological polar surface area (TPSA) is 15.3 Å². The van der Waals surface area contributed by atoms with Crippen LogP contribution in [-0.2, 0) is 0 Å². The Bertz CT molecular complexity index is 293. The third-order valence-corrected chi connectivity index (χ3v) is 6.71. The number of nitrogens with zero attached hydrogens (tertiary/aromatic N) is 1. The van der Waals surface area contributed by atoms with Crippen LogP contribution in [0.1, 0.15) is 39.0 Å². The molecule has 5 aliphatic rings. The van der Waals surface area contributed by atoms with Crippen LogP contribution in [0.15, 0.2) is 0 Å². The molecule has 108 valence electrons. The van der Waals surface area contributed by atoms with Gasteiger partial charge < -0.3 is 10.2 Å². The van der Waals surface area contributed by atoms with Gasteiger partial charge in [0.05, 0.1) is 0 Å². The van der Waals surface area contributed by atoms with Crippen LogP contribution in [-0.4, -0.2) is 37.6 Å². The fourth-order valence-corrected chi connectivity index (χ4v) is 6.32. The van der Waals surface area contributed by atoms with E-state index < -0.39 is 0 Å². The van der Waals surface area contributed by atoms with Crippen molar-refractivity contribution >= 4 is 0 Å². The lowest BCUT2D eigenvalue weighted by atomic mass is 9.50. The van der Waals surface area contributed by atoms with Crippen LogP contribution < -0.4 is 5.32 Å². The van der Waals surface area contributed by atoms with Gasteiger partial charge in [0.25, 0.3) is 0 Å². The molecule has 1 heterocycles. The third kappa shape index (κ3) is 2.35. The average Bonchev–Trinajstić information content (AvgIpc) is 2.38. The van der Waals surface area contributed by atoms with Gasteiger partial charge in [-0.25, -0.2) is 0 Å². The van der Waals surface area contributed by atoms with E-state index in [9.17, 15) is 0 Å². The van der Waals surface area contributed by atoms with Gasteiger partial charge in [0, 0.05) is 32.7 Å². The van der Waals surface area contributed by atoms with Crippen molar-refractivity contribution in [1.29, 1.82) is 0 Å². The van der Waals surface area contributed by atoms with Crippen molar-refractivity contribution in [2.24, 2.45) is 35.5 Å². The van der Waals surface area contributed by atoms with Crippen LogP contribution >= 0.6 is 0 Å². The Labute approximate surface area is 118 Å². The standard InChI is InChI=1S/C17H30N2/c1-12(11-19-4-2-18-3-5-19)17-15-7-13-6-14(9-15)10-16(17)8-13/h12-18H,2-11H2,1H3. The summed E-state index contributed by atoms with van der Waals surface area (Å²) >= 11 is 0. The van der Waals surface area contributed by atoms with Crippen molar-refractivity contribution < 1.29 is 0 Å². The quantitative estimate of drug-likeness (QED) is 0.841. The highest BCUT2D eigenvalue weighted by Gasteiger charge is 2.49. The zero-order chi connectivity index (χ0) is 12.8. The zero-order valence-corrected chi connectivity index (χ0v) is 12.5. The first-order valence-corrected chi connectivity index (χ1v) is 8.72. The maximum absolute atomic E-state index is 3.48. The molecule has 0 amide bonds. The molecule has 1 N–H and O–H groups in total. The first-order valence-electron chi connectivity index (χ1n) is 8.72. The van der Waals surface area contributed by atoms with Crippen LogP contribution in [0.5, 0.6) is 0 Å². The van der Waals surface area contributed by atoms with Crippen LogP contribution in [0, 0.1) is 35.5 Å². The molecule has 1 aliphatic heterocycles. The molecule has 2 heteroatoms. The molecule has 0 aromatic carbocycles. The second-order valence-corrected chi connectivity index (χ2v) is 8.04. The van der Waals surface area contributed by atoms with E-state index in [4.69, 9.17) is 0 Å². The summed E-state index contributed by atoms with van der Waals surface area (Å²) in [5.74, 6) is 6.48. The van der Waals surface area contributed by atoms with Crippen LogP contribution in [0.4, 0.5) is 0 Å². The minimum Gasteiger partial charge on any atom is -0.314 e. The largest absolute Gasteiger partial charge is 0.314 e. The maximum atomic E-state index is 3.48. The lowest BCUT2D eigenvalue weighted by Gasteiger charge is -2.56. The van der Waals surface area contributed by atoms with Crippen molar-refractivity contribution in [3.8, 4) is 0 Å². The summed E-state index contributed by atoms with van der Waals surface area (Å²) in [4.78, 5) is 2.71. The molecule has 0 radical (unpaired) electrons. The fraction of sp³-hybridized carbons (Fsp3) is 1.00. The highest BCUT2D eigenvalue weighted by molar-refractivity contribution is 4.99. The van der Waals surface area contributed by atoms with Gasteiger partial charge in [-0.2, -0.15) is 0 Å². The summed E-state index contributed by atoms with van der Waals surface area (Å²) in [6.45, 7) is 8.89. The first kappa shape index (κ1) is 12.6. The molecule has 4 aliphatic carbocycles. The van der Waals surface area contributed by atoms with Gasteiger partial charge in [-0.1, -0.05) is 6.92 Å². The molecule has 4 bridgehead atoms. The van der Waals surface area contributed by atoms with E-state index in [-0.39, 0.29) is 0 Å². The Hall–Kier alpha value is -0.0800. The molecule has 4 saturated carbocycles. The second kappa shape index (κ2) is 5.04. The highest BCUT2D eigenvalue weighted by Crippen LogP contribution is 2.58. The molecule has 2 nitrogen and oxygen atoms in total. The van der Waals surface area contributed by atoms with Gasteiger partial charge in [-0.3, -0.25) is 0 Å². The predicted molar refractivity (Wildman–Crippen MR) is 79.0 cm³/mol. The monoisotopic (exact) mass is 262 g/mol. The van der Waals surface area contributed by atoms with Gasteiger partial charge in [0.2, 0.25) is 0 Å². The van der Waals surface area contributed by atoms with Gasteiger partial charge >= 0.3 is 0 Å². The average molecular weight is 262 g/mol. The van der Waals surface area contributed by atoms with E-state index in [1.54, 1.807) is 32.1 Å². The number of nitrogens with one attached hydrogen (secondary N) is 1. The van der Waals surface area contributed by atoms with Crippen molar-refractivity contribution in [3.05, 3.63) is 0 Å². The molecular formula is C17H30N2. The van der Waals surface area contributed by atoms with E-state index in [0.717, 1.165) is 35.5 Å².